The molecule has 0 unspecified atom stereocenters. The zero-order valence-electron chi connectivity index (χ0n) is 16.2. The van der Waals surface area contributed by atoms with Crippen LogP contribution in [0.3, 0.4) is 0 Å². The number of amides is 1. The lowest BCUT2D eigenvalue weighted by Gasteiger charge is -2.34. The standard InChI is InChI=1S/C22H25ClN2O3/c1-27-20-8-9-21(28-2)18(15-20)5-10-22(26)25-13-11-24(12-14-25)16-17-3-6-19(23)7-4-17/h3-10,15H,11-14,16H2,1-2H3/b10-5+. The summed E-state index contributed by atoms with van der Waals surface area (Å²) in [5, 5.41) is 0.749. The summed E-state index contributed by atoms with van der Waals surface area (Å²) in [5.74, 6) is 1.44. The number of hydrogen-bond donors (Lipinski definition) is 0. The van der Waals surface area contributed by atoms with Gasteiger partial charge >= 0.3 is 0 Å². The minimum Gasteiger partial charge on any atom is -0.497 e. The van der Waals surface area contributed by atoms with Gasteiger partial charge in [-0.1, -0.05) is 23.7 Å². The minimum absolute atomic E-state index is 0.0102. The van der Waals surface area contributed by atoms with Gasteiger partial charge in [0.2, 0.25) is 5.91 Å². The quantitative estimate of drug-likeness (QED) is 0.693. The molecule has 1 heterocycles. The van der Waals surface area contributed by atoms with Crippen LogP contribution in [-0.2, 0) is 11.3 Å². The molecule has 1 fully saturated rings. The maximum Gasteiger partial charge on any atom is 0.246 e. The van der Waals surface area contributed by atoms with E-state index in [0.29, 0.717) is 18.8 Å². The first-order chi connectivity index (χ1) is 13.6. The lowest BCUT2D eigenvalue weighted by Crippen LogP contribution is -2.47. The van der Waals surface area contributed by atoms with E-state index in [4.69, 9.17) is 21.1 Å². The highest BCUT2D eigenvalue weighted by Gasteiger charge is 2.19. The predicted molar refractivity (Wildman–Crippen MR) is 112 cm³/mol. The molecule has 0 aliphatic carbocycles. The van der Waals surface area contributed by atoms with Crippen molar-refractivity contribution in [3.63, 3.8) is 0 Å². The van der Waals surface area contributed by atoms with Crippen LogP contribution in [-0.4, -0.2) is 56.1 Å². The van der Waals surface area contributed by atoms with Crippen LogP contribution in [0.2, 0.25) is 5.02 Å². The second kappa shape index (κ2) is 9.62. The molecule has 0 radical (unpaired) electrons. The van der Waals surface area contributed by atoms with Gasteiger partial charge in [-0.05, 0) is 42.0 Å². The molecule has 1 aliphatic heterocycles. The van der Waals surface area contributed by atoms with Gasteiger partial charge < -0.3 is 14.4 Å². The maximum atomic E-state index is 12.6. The van der Waals surface area contributed by atoms with Gasteiger partial charge in [-0.15, -0.1) is 0 Å². The Balaban J connectivity index is 1.55. The van der Waals surface area contributed by atoms with Crippen molar-refractivity contribution in [3.8, 4) is 11.5 Å². The average molecular weight is 401 g/mol. The highest BCUT2D eigenvalue weighted by molar-refractivity contribution is 6.30. The Kier molecular flexibility index (Phi) is 6.95. The fourth-order valence-electron chi connectivity index (χ4n) is 3.21. The van der Waals surface area contributed by atoms with Crippen LogP contribution in [0.4, 0.5) is 0 Å². The van der Waals surface area contributed by atoms with E-state index in [0.717, 1.165) is 36.0 Å². The van der Waals surface area contributed by atoms with Crippen molar-refractivity contribution in [2.75, 3.05) is 40.4 Å². The van der Waals surface area contributed by atoms with E-state index < -0.39 is 0 Å². The number of carbonyl (C=O) groups is 1. The fraction of sp³-hybridized carbons (Fsp3) is 0.318. The van der Waals surface area contributed by atoms with E-state index in [1.54, 1.807) is 26.4 Å². The maximum absolute atomic E-state index is 12.6. The molecule has 2 aromatic rings. The normalized spacial score (nSPS) is 15.0. The first-order valence-electron chi connectivity index (χ1n) is 9.25. The van der Waals surface area contributed by atoms with E-state index in [2.05, 4.69) is 4.90 Å². The number of piperazine rings is 1. The van der Waals surface area contributed by atoms with Crippen LogP contribution in [0.1, 0.15) is 11.1 Å². The van der Waals surface area contributed by atoms with Crippen LogP contribution in [0.15, 0.2) is 48.5 Å². The van der Waals surface area contributed by atoms with Crippen molar-refractivity contribution in [3.05, 3.63) is 64.7 Å². The van der Waals surface area contributed by atoms with E-state index in [1.165, 1.54) is 5.56 Å². The first kappa shape index (κ1) is 20.2. The fourth-order valence-corrected chi connectivity index (χ4v) is 3.34. The molecule has 0 atom stereocenters. The third-order valence-electron chi connectivity index (χ3n) is 4.85. The Morgan fingerprint density at radius 1 is 1.04 bits per heavy atom. The highest BCUT2D eigenvalue weighted by Crippen LogP contribution is 2.25. The summed E-state index contributed by atoms with van der Waals surface area (Å²) in [6.07, 6.45) is 3.38. The molecule has 3 rings (SSSR count). The Bertz CT molecular complexity index is 828. The van der Waals surface area contributed by atoms with Gasteiger partial charge in [0.15, 0.2) is 0 Å². The van der Waals surface area contributed by atoms with E-state index in [9.17, 15) is 4.79 Å². The summed E-state index contributed by atoms with van der Waals surface area (Å²) in [7, 11) is 3.23. The summed E-state index contributed by atoms with van der Waals surface area (Å²) in [5.41, 5.74) is 2.05. The largest absolute Gasteiger partial charge is 0.497 e. The van der Waals surface area contributed by atoms with Gasteiger partial charge in [0, 0.05) is 49.4 Å². The Morgan fingerprint density at radius 3 is 2.39 bits per heavy atom. The second-order valence-corrected chi connectivity index (χ2v) is 7.11. The number of hydrogen-bond acceptors (Lipinski definition) is 4. The smallest absolute Gasteiger partial charge is 0.246 e. The third-order valence-corrected chi connectivity index (χ3v) is 5.10. The Hall–Kier alpha value is -2.50. The molecule has 6 heteroatoms. The molecule has 0 saturated carbocycles. The van der Waals surface area contributed by atoms with E-state index in [-0.39, 0.29) is 5.91 Å². The lowest BCUT2D eigenvalue weighted by atomic mass is 10.1. The molecular formula is C22H25ClN2O3. The summed E-state index contributed by atoms with van der Waals surface area (Å²) < 4.78 is 10.6. The van der Waals surface area contributed by atoms with Crippen LogP contribution >= 0.6 is 11.6 Å². The summed E-state index contributed by atoms with van der Waals surface area (Å²) >= 11 is 5.94. The molecule has 0 bridgehead atoms. The van der Waals surface area contributed by atoms with Crippen molar-refractivity contribution in [2.45, 2.75) is 6.54 Å². The topological polar surface area (TPSA) is 42.0 Å². The van der Waals surface area contributed by atoms with Gasteiger partial charge in [0.25, 0.3) is 0 Å². The average Bonchev–Trinajstić information content (AvgIpc) is 2.74. The number of benzene rings is 2. The van der Waals surface area contributed by atoms with Crippen LogP contribution < -0.4 is 9.47 Å². The molecule has 0 aromatic heterocycles. The monoisotopic (exact) mass is 400 g/mol. The van der Waals surface area contributed by atoms with Gasteiger partial charge in [0.1, 0.15) is 11.5 Å². The highest BCUT2D eigenvalue weighted by atomic mass is 35.5. The zero-order chi connectivity index (χ0) is 19.9. The summed E-state index contributed by atoms with van der Waals surface area (Å²) in [6, 6.07) is 13.4. The number of halogens is 1. The van der Waals surface area contributed by atoms with Crippen molar-refractivity contribution < 1.29 is 14.3 Å². The van der Waals surface area contributed by atoms with Gasteiger partial charge in [-0.2, -0.15) is 0 Å². The molecule has 2 aromatic carbocycles. The second-order valence-electron chi connectivity index (χ2n) is 6.67. The number of methoxy groups -OCH3 is 2. The van der Waals surface area contributed by atoms with E-state index in [1.807, 2.05) is 47.4 Å². The molecule has 28 heavy (non-hydrogen) atoms. The number of ether oxygens (including phenoxy) is 2. The van der Waals surface area contributed by atoms with Gasteiger partial charge in [-0.25, -0.2) is 0 Å². The summed E-state index contributed by atoms with van der Waals surface area (Å²) in [6.45, 7) is 4.00. The first-order valence-corrected chi connectivity index (χ1v) is 9.62. The van der Waals surface area contributed by atoms with Crippen molar-refractivity contribution in [1.29, 1.82) is 0 Å². The zero-order valence-corrected chi connectivity index (χ0v) is 17.0. The SMILES string of the molecule is COc1ccc(OC)c(/C=C/C(=O)N2CCN(Cc3ccc(Cl)cc3)CC2)c1. The molecule has 1 saturated heterocycles. The Labute approximate surface area is 171 Å². The van der Waals surface area contributed by atoms with Crippen LogP contribution in [0, 0.1) is 0 Å². The van der Waals surface area contributed by atoms with Gasteiger partial charge in [-0.3, -0.25) is 9.69 Å². The van der Waals surface area contributed by atoms with Crippen molar-refractivity contribution in [1.82, 2.24) is 9.80 Å². The Morgan fingerprint density at radius 2 is 1.75 bits per heavy atom. The van der Waals surface area contributed by atoms with Crippen LogP contribution in [0.25, 0.3) is 6.08 Å². The number of carbonyl (C=O) groups excluding carboxylic acids is 1. The van der Waals surface area contributed by atoms with Crippen molar-refractivity contribution >= 4 is 23.6 Å². The molecule has 5 nitrogen and oxygen atoms in total. The molecular weight excluding hydrogens is 376 g/mol. The van der Waals surface area contributed by atoms with E-state index >= 15 is 0 Å². The van der Waals surface area contributed by atoms with Gasteiger partial charge in [0.05, 0.1) is 14.2 Å². The van der Waals surface area contributed by atoms with Crippen molar-refractivity contribution in [2.24, 2.45) is 0 Å². The molecule has 1 amide bonds. The third kappa shape index (κ3) is 5.27. The lowest BCUT2D eigenvalue weighted by molar-refractivity contribution is -0.127. The number of nitrogens with zero attached hydrogens (tertiary/aromatic N) is 2. The minimum atomic E-state index is 0.0102. The molecule has 0 spiro atoms. The van der Waals surface area contributed by atoms with Crippen LogP contribution in [0.5, 0.6) is 11.5 Å². The number of rotatable bonds is 6. The predicted octanol–water partition coefficient (Wildman–Crippen LogP) is 3.71. The summed E-state index contributed by atoms with van der Waals surface area (Å²) in [4.78, 5) is 16.8. The molecule has 0 N–H and O–H groups in total. The molecule has 1 aliphatic rings. The molecule has 148 valence electrons.